The van der Waals surface area contributed by atoms with Crippen LogP contribution in [-0.4, -0.2) is 27.7 Å². The summed E-state index contributed by atoms with van der Waals surface area (Å²) >= 11 is 0. The molecule has 4 aliphatic rings. The van der Waals surface area contributed by atoms with E-state index in [9.17, 15) is 14.3 Å². The molecule has 1 heterocycles. The molecule has 29 heavy (non-hydrogen) atoms. The average Bonchev–Trinajstić information content (AvgIpc) is 3.34. The zero-order chi connectivity index (χ0) is 20.2. The van der Waals surface area contributed by atoms with E-state index >= 15 is 0 Å². The van der Waals surface area contributed by atoms with Gasteiger partial charge in [0.1, 0.15) is 6.67 Å². The smallest absolute Gasteiger partial charge is 0.156 e. The topological polar surface area (TPSA) is 42.2 Å². The summed E-state index contributed by atoms with van der Waals surface area (Å²) in [6.07, 6.45) is 13.9. The highest BCUT2D eigenvalue weighted by Gasteiger charge is 2.57. The fourth-order valence-electron chi connectivity index (χ4n) is 7.77. The molecule has 0 radical (unpaired) electrons. The Kier molecular flexibility index (Phi) is 4.77. The lowest BCUT2D eigenvalue weighted by Crippen LogP contribution is -2.49. The van der Waals surface area contributed by atoms with Gasteiger partial charge in [0.2, 0.25) is 0 Å². The Labute approximate surface area is 173 Å². The Morgan fingerprint density at radius 1 is 1.17 bits per heavy atom. The molecule has 0 aromatic carbocycles. The third-order valence-corrected chi connectivity index (χ3v) is 9.23. The highest BCUT2D eigenvalue weighted by molar-refractivity contribution is 5.82. The predicted octanol–water partition coefficient (Wildman–Crippen LogP) is 4.95. The molecule has 1 aromatic rings. The number of allylic oxidation sites excluding steroid dienone is 1. The lowest BCUT2D eigenvalue weighted by molar-refractivity contribution is -0.129. The van der Waals surface area contributed by atoms with E-state index in [0.717, 1.165) is 25.7 Å². The number of carbonyl (C=O) groups excluding carboxylic acids is 1. The van der Waals surface area contributed by atoms with E-state index in [0.29, 0.717) is 48.8 Å². The van der Waals surface area contributed by atoms with Crippen LogP contribution in [0.4, 0.5) is 4.39 Å². The second-order valence-electron chi connectivity index (χ2n) is 10.6. The minimum absolute atomic E-state index is 0.130. The van der Waals surface area contributed by atoms with Crippen LogP contribution in [0.5, 0.6) is 0 Å². The Hall–Kier alpha value is -1.42. The number of hydrogen-bond acceptors (Lipinski definition) is 2. The van der Waals surface area contributed by atoms with Gasteiger partial charge in [0.05, 0.1) is 12.1 Å². The Balaban J connectivity index is 1.34. The molecule has 0 unspecified atom stereocenters. The standard InChI is InChI=1S/C25H34FNO2/c1-24-10-8-19-18-9-11-25(29,16-26)14-17(18)4-5-20(19)21(24)6-7-22(24)23(28)15-27-12-2-3-13-27/h2-4,12-13,18-22,29H,5-11,14-16H2,1H3/t18-,19+,20+,21-,22+,24-,25-/m0/s1. The molecule has 1 N–H and O–H groups in total. The van der Waals surface area contributed by atoms with Crippen LogP contribution >= 0.6 is 0 Å². The third kappa shape index (κ3) is 3.13. The van der Waals surface area contributed by atoms with Gasteiger partial charge in [-0.05, 0) is 92.6 Å². The van der Waals surface area contributed by atoms with Crippen LogP contribution in [0.25, 0.3) is 0 Å². The summed E-state index contributed by atoms with van der Waals surface area (Å²) in [5.41, 5.74) is 0.326. The molecule has 0 amide bonds. The second-order valence-corrected chi connectivity index (χ2v) is 10.6. The van der Waals surface area contributed by atoms with Crippen LogP contribution < -0.4 is 0 Å². The predicted molar refractivity (Wildman–Crippen MR) is 111 cm³/mol. The van der Waals surface area contributed by atoms with Crippen molar-refractivity contribution in [2.45, 2.75) is 70.4 Å². The first-order valence-electron chi connectivity index (χ1n) is 11.5. The normalized spacial score (nSPS) is 43.8. The summed E-state index contributed by atoms with van der Waals surface area (Å²) in [7, 11) is 0. The van der Waals surface area contributed by atoms with E-state index in [1.807, 2.05) is 29.1 Å². The van der Waals surface area contributed by atoms with Gasteiger partial charge in [0.25, 0.3) is 0 Å². The van der Waals surface area contributed by atoms with Gasteiger partial charge in [0.15, 0.2) is 5.78 Å². The van der Waals surface area contributed by atoms with Crippen molar-refractivity contribution in [3.05, 3.63) is 36.2 Å². The van der Waals surface area contributed by atoms with Crippen LogP contribution in [0.15, 0.2) is 36.2 Å². The van der Waals surface area contributed by atoms with Crippen LogP contribution in [0.3, 0.4) is 0 Å². The number of aromatic nitrogens is 1. The van der Waals surface area contributed by atoms with Gasteiger partial charge in [-0.1, -0.05) is 18.6 Å². The summed E-state index contributed by atoms with van der Waals surface area (Å²) in [4.78, 5) is 13.2. The highest BCUT2D eigenvalue weighted by atomic mass is 19.1. The number of Topliss-reactive ketones (excluding diaryl/α,β-unsaturated/α-hetero) is 1. The summed E-state index contributed by atoms with van der Waals surface area (Å²) in [6.45, 7) is 2.26. The molecule has 0 saturated heterocycles. The zero-order valence-corrected chi connectivity index (χ0v) is 17.5. The number of nitrogens with zero attached hydrogens (tertiary/aromatic N) is 1. The Bertz CT molecular complexity index is 802. The van der Waals surface area contributed by atoms with Crippen molar-refractivity contribution >= 4 is 5.78 Å². The monoisotopic (exact) mass is 399 g/mol. The molecular formula is C25H34FNO2. The molecule has 3 saturated carbocycles. The minimum Gasteiger partial charge on any atom is -0.387 e. The summed E-state index contributed by atoms with van der Waals surface area (Å²) < 4.78 is 15.3. The van der Waals surface area contributed by atoms with E-state index in [2.05, 4.69) is 13.0 Å². The van der Waals surface area contributed by atoms with Crippen molar-refractivity contribution in [1.82, 2.24) is 4.57 Å². The maximum absolute atomic E-state index is 13.3. The fraction of sp³-hybridized carbons (Fsp3) is 0.720. The number of aliphatic hydroxyl groups is 1. The first kappa shape index (κ1) is 19.5. The summed E-state index contributed by atoms with van der Waals surface area (Å²) in [5, 5.41) is 10.5. The van der Waals surface area contributed by atoms with Gasteiger partial charge < -0.3 is 9.67 Å². The van der Waals surface area contributed by atoms with E-state index < -0.39 is 12.3 Å². The molecule has 0 spiro atoms. The zero-order valence-electron chi connectivity index (χ0n) is 17.5. The van der Waals surface area contributed by atoms with E-state index in [-0.39, 0.29) is 11.3 Å². The van der Waals surface area contributed by atoms with Gasteiger partial charge >= 0.3 is 0 Å². The molecule has 3 nitrogen and oxygen atoms in total. The first-order valence-corrected chi connectivity index (χ1v) is 11.5. The van der Waals surface area contributed by atoms with Crippen LogP contribution in [0, 0.1) is 35.0 Å². The number of alkyl halides is 1. The lowest BCUT2D eigenvalue weighted by atomic mass is 9.51. The van der Waals surface area contributed by atoms with Crippen molar-refractivity contribution < 1.29 is 14.3 Å². The Morgan fingerprint density at radius 3 is 2.72 bits per heavy atom. The van der Waals surface area contributed by atoms with Crippen molar-refractivity contribution in [2.24, 2.45) is 35.0 Å². The second kappa shape index (κ2) is 7.08. The number of fused-ring (bicyclic) bond motifs is 5. The van der Waals surface area contributed by atoms with Gasteiger partial charge in [0, 0.05) is 18.3 Å². The maximum Gasteiger partial charge on any atom is 0.156 e. The van der Waals surface area contributed by atoms with Crippen LogP contribution in [0.2, 0.25) is 0 Å². The fourth-order valence-corrected chi connectivity index (χ4v) is 7.77. The molecule has 158 valence electrons. The Morgan fingerprint density at radius 2 is 1.97 bits per heavy atom. The molecule has 0 aliphatic heterocycles. The largest absolute Gasteiger partial charge is 0.387 e. The summed E-state index contributed by atoms with van der Waals surface area (Å²) in [6, 6.07) is 3.97. The minimum atomic E-state index is -1.12. The summed E-state index contributed by atoms with van der Waals surface area (Å²) in [5.74, 6) is 3.06. The molecule has 4 heteroatoms. The van der Waals surface area contributed by atoms with Gasteiger partial charge in [-0.25, -0.2) is 4.39 Å². The molecule has 1 aromatic heterocycles. The number of halogens is 1. The molecular weight excluding hydrogens is 365 g/mol. The van der Waals surface area contributed by atoms with Crippen molar-refractivity contribution in [3.8, 4) is 0 Å². The molecule has 4 aliphatic carbocycles. The SMILES string of the molecule is C[C@]12CC[C@H]3[C@@H](CC=C4C[C@](O)(CF)CC[C@@H]43)[C@@H]1CC[C@@H]2C(=O)Cn1cccc1. The number of hydrogen-bond donors (Lipinski definition) is 1. The number of carbonyl (C=O) groups is 1. The molecule has 3 fully saturated rings. The van der Waals surface area contributed by atoms with Gasteiger partial charge in [-0.2, -0.15) is 0 Å². The van der Waals surface area contributed by atoms with E-state index in [1.165, 1.54) is 18.4 Å². The molecule has 0 bridgehead atoms. The number of ketones is 1. The molecule has 5 rings (SSSR count). The maximum atomic E-state index is 13.3. The third-order valence-electron chi connectivity index (χ3n) is 9.23. The highest BCUT2D eigenvalue weighted by Crippen LogP contribution is 2.63. The van der Waals surface area contributed by atoms with Crippen LogP contribution in [-0.2, 0) is 11.3 Å². The lowest BCUT2D eigenvalue weighted by Gasteiger charge is -2.54. The van der Waals surface area contributed by atoms with E-state index in [4.69, 9.17) is 0 Å². The quantitative estimate of drug-likeness (QED) is 0.728. The van der Waals surface area contributed by atoms with Gasteiger partial charge in [-0.15, -0.1) is 0 Å². The van der Waals surface area contributed by atoms with Crippen molar-refractivity contribution in [1.29, 1.82) is 0 Å². The van der Waals surface area contributed by atoms with Gasteiger partial charge in [-0.3, -0.25) is 4.79 Å². The average molecular weight is 400 g/mol. The first-order chi connectivity index (χ1) is 13.9. The number of rotatable bonds is 4. The van der Waals surface area contributed by atoms with Crippen molar-refractivity contribution in [2.75, 3.05) is 6.67 Å². The van der Waals surface area contributed by atoms with E-state index in [1.54, 1.807) is 0 Å². The molecule has 7 atom stereocenters. The van der Waals surface area contributed by atoms with Crippen LogP contribution in [0.1, 0.15) is 58.3 Å². The van der Waals surface area contributed by atoms with Crippen molar-refractivity contribution in [3.63, 3.8) is 0 Å².